The third-order valence-electron chi connectivity index (χ3n) is 5.50. The quantitative estimate of drug-likeness (QED) is 0.285. The first-order valence-corrected chi connectivity index (χ1v) is 13.5. The zero-order valence-corrected chi connectivity index (χ0v) is 22.4. The lowest BCUT2D eigenvalue weighted by atomic mass is 9.99. The number of hydrogen-bond donors (Lipinski definition) is 1. The first-order valence-electron chi connectivity index (χ1n) is 11.2. The molecule has 0 saturated carbocycles. The number of carboxylic acid groups (broad SMARTS) is 1. The average molecular weight is 561 g/mol. The number of alkyl halides is 3. The van der Waals surface area contributed by atoms with Crippen molar-refractivity contribution in [2.75, 3.05) is 0 Å². The topological polar surface area (TPSA) is 106 Å². The van der Waals surface area contributed by atoms with E-state index in [0.29, 0.717) is 16.1 Å². The molecule has 0 atom stereocenters. The van der Waals surface area contributed by atoms with Crippen LogP contribution in [0.15, 0.2) is 40.5 Å². The first-order chi connectivity index (χ1) is 16.9. The van der Waals surface area contributed by atoms with Gasteiger partial charge in [0.15, 0.2) is 0 Å². The van der Waals surface area contributed by atoms with Crippen LogP contribution in [0.4, 0.5) is 18.0 Å². The summed E-state index contributed by atoms with van der Waals surface area (Å²) in [7, 11) is -5.95. The molecule has 3 aromatic rings. The van der Waals surface area contributed by atoms with Crippen molar-refractivity contribution in [2.24, 2.45) is 5.92 Å². The van der Waals surface area contributed by atoms with Gasteiger partial charge in [-0.05, 0) is 56.3 Å². The molecule has 3 rings (SSSR count). The maximum absolute atomic E-state index is 13.6. The van der Waals surface area contributed by atoms with Gasteiger partial charge < -0.3 is 13.9 Å². The van der Waals surface area contributed by atoms with Crippen LogP contribution in [0, 0.1) is 5.92 Å². The van der Waals surface area contributed by atoms with Crippen LogP contribution in [-0.4, -0.2) is 40.1 Å². The van der Waals surface area contributed by atoms with Crippen LogP contribution in [0.5, 0.6) is 5.75 Å². The Morgan fingerprint density at radius 1 is 1.16 bits per heavy atom. The largest absolute Gasteiger partial charge is 0.534 e. The van der Waals surface area contributed by atoms with E-state index in [1.165, 1.54) is 22.0 Å². The van der Waals surface area contributed by atoms with Gasteiger partial charge in [0.1, 0.15) is 5.75 Å². The Balaban J connectivity index is 2.42. The molecular formula is C24H27F3N2O6S2. The Morgan fingerprint density at radius 2 is 1.81 bits per heavy atom. The SMILES string of the molecule is CC(C)Cn1c(CN(C(=O)O)C(C)(C)C)c(-c2cccs2)c2cc(OS(=O)(=O)C(F)(F)F)ccc2c1=O. The summed E-state index contributed by atoms with van der Waals surface area (Å²) in [4.78, 5) is 27.6. The van der Waals surface area contributed by atoms with Gasteiger partial charge in [0.05, 0.1) is 6.54 Å². The van der Waals surface area contributed by atoms with E-state index >= 15 is 0 Å². The second kappa shape index (κ2) is 10.0. The number of halogens is 3. The molecule has 1 amide bonds. The predicted molar refractivity (Wildman–Crippen MR) is 135 cm³/mol. The summed E-state index contributed by atoms with van der Waals surface area (Å²) in [5.41, 5.74) is -6.22. The summed E-state index contributed by atoms with van der Waals surface area (Å²) < 4.78 is 67.9. The molecule has 0 spiro atoms. The normalized spacial score (nSPS) is 12.8. The smallest absolute Gasteiger partial charge is 0.465 e. The zero-order valence-electron chi connectivity index (χ0n) is 20.8. The molecule has 202 valence electrons. The van der Waals surface area contributed by atoms with Gasteiger partial charge >= 0.3 is 21.7 Å². The van der Waals surface area contributed by atoms with Crippen molar-refractivity contribution >= 4 is 38.3 Å². The molecule has 13 heteroatoms. The number of aromatic nitrogens is 1. The summed E-state index contributed by atoms with van der Waals surface area (Å²) in [6.45, 7) is 8.94. The van der Waals surface area contributed by atoms with Crippen molar-refractivity contribution in [3.05, 3.63) is 51.8 Å². The van der Waals surface area contributed by atoms with Gasteiger partial charge in [0, 0.05) is 39.0 Å². The van der Waals surface area contributed by atoms with E-state index in [1.807, 2.05) is 13.8 Å². The molecule has 0 fully saturated rings. The number of nitrogens with zero attached hydrogens (tertiary/aromatic N) is 2. The summed E-state index contributed by atoms with van der Waals surface area (Å²) in [6, 6.07) is 6.75. The third kappa shape index (κ3) is 5.93. The number of amides is 1. The summed E-state index contributed by atoms with van der Waals surface area (Å²) in [6.07, 6.45) is -1.22. The van der Waals surface area contributed by atoms with E-state index in [4.69, 9.17) is 0 Å². The Kier molecular flexibility index (Phi) is 7.71. The van der Waals surface area contributed by atoms with Crippen molar-refractivity contribution in [3.63, 3.8) is 0 Å². The van der Waals surface area contributed by atoms with E-state index in [2.05, 4.69) is 4.18 Å². The number of carbonyl (C=O) groups is 1. The van der Waals surface area contributed by atoms with Crippen molar-refractivity contribution in [3.8, 4) is 16.2 Å². The van der Waals surface area contributed by atoms with E-state index in [0.717, 1.165) is 17.0 Å². The van der Waals surface area contributed by atoms with Crippen molar-refractivity contribution in [2.45, 2.75) is 58.8 Å². The zero-order chi connectivity index (χ0) is 27.9. The molecule has 0 bridgehead atoms. The first kappa shape index (κ1) is 28.5. The molecule has 0 aliphatic heterocycles. The molecule has 1 aromatic carbocycles. The molecule has 0 aliphatic carbocycles. The Hall–Kier alpha value is -3.06. The van der Waals surface area contributed by atoms with E-state index in [9.17, 15) is 36.3 Å². The van der Waals surface area contributed by atoms with Crippen LogP contribution in [0.1, 0.15) is 40.3 Å². The predicted octanol–water partition coefficient (Wildman–Crippen LogP) is 5.89. The second-order valence-corrected chi connectivity index (χ2v) is 12.3. The van der Waals surface area contributed by atoms with Gasteiger partial charge in [-0.2, -0.15) is 21.6 Å². The van der Waals surface area contributed by atoms with Crippen LogP contribution in [-0.2, 0) is 23.2 Å². The fourth-order valence-corrected chi connectivity index (χ4v) is 5.12. The standard InChI is InChI=1S/C24H27F3N2O6S2/c1-14(2)12-28-18(13-29(22(31)32)23(3,4)5)20(19-7-6-10-36-19)17-11-15(8-9-16(17)21(28)30)35-37(33,34)24(25,26)27/h6-11,14H,12-13H2,1-5H3,(H,31,32). The van der Waals surface area contributed by atoms with Crippen molar-refractivity contribution in [1.82, 2.24) is 9.47 Å². The van der Waals surface area contributed by atoms with Gasteiger partial charge in [-0.1, -0.05) is 19.9 Å². The molecule has 37 heavy (non-hydrogen) atoms. The lowest BCUT2D eigenvalue weighted by Crippen LogP contribution is -2.45. The van der Waals surface area contributed by atoms with Gasteiger partial charge in [0.2, 0.25) is 0 Å². The molecule has 0 saturated heterocycles. The van der Waals surface area contributed by atoms with E-state index < -0.39 is 38.6 Å². The summed E-state index contributed by atoms with van der Waals surface area (Å²) in [5.74, 6) is -0.627. The van der Waals surface area contributed by atoms with Gasteiger partial charge in [-0.25, -0.2) is 4.79 Å². The van der Waals surface area contributed by atoms with E-state index in [1.54, 1.807) is 38.3 Å². The van der Waals surface area contributed by atoms with Gasteiger partial charge in [-0.3, -0.25) is 9.69 Å². The minimum Gasteiger partial charge on any atom is -0.465 e. The van der Waals surface area contributed by atoms with Crippen molar-refractivity contribution < 1.29 is 35.7 Å². The molecular weight excluding hydrogens is 533 g/mol. The molecule has 0 radical (unpaired) electrons. The maximum Gasteiger partial charge on any atom is 0.534 e. The van der Waals surface area contributed by atoms with Crippen LogP contribution in [0.3, 0.4) is 0 Å². The number of hydrogen-bond acceptors (Lipinski definition) is 6. The van der Waals surface area contributed by atoms with Gasteiger partial charge in [-0.15, -0.1) is 11.3 Å². The number of fused-ring (bicyclic) bond motifs is 1. The number of thiophene rings is 1. The number of rotatable bonds is 7. The highest BCUT2D eigenvalue weighted by Crippen LogP contribution is 2.38. The maximum atomic E-state index is 13.6. The lowest BCUT2D eigenvalue weighted by molar-refractivity contribution is -0.0500. The van der Waals surface area contributed by atoms with Crippen LogP contribution in [0.25, 0.3) is 21.2 Å². The minimum absolute atomic E-state index is 0.00228. The van der Waals surface area contributed by atoms with Crippen LogP contribution >= 0.6 is 11.3 Å². The Bertz CT molecular complexity index is 1470. The average Bonchev–Trinajstić information content (AvgIpc) is 3.26. The third-order valence-corrected chi connectivity index (χ3v) is 7.37. The van der Waals surface area contributed by atoms with Crippen molar-refractivity contribution in [1.29, 1.82) is 0 Å². The molecule has 0 unspecified atom stereocenters. The summed E-state index contributed by atoms with van der Waals surface area (Å²) in [5, 5.41) is 12.0. The van der Waals surface area contributed by atoms with E-state index in [-0.39, 0.29) is 29.8 Å². The molecule has 1 N–H and O–H groups in total. The second-order valence-electron chi connectivity index (χ2n) is 9.84. The fraction of sp³-hybridized carbons (Fsp3) is 0.417. The highest BCUT2D eigenvalue weighted by atomic mass is 32.2. The number of pyridine rings is 1. The highest BCUT2D eigenvalue weighted by molar-refractivity contribution is 7.88. The number of benzene rings is 1. The van der Waals surface area contributed by atoms with Crippen LogP contribution < -0.4 is 9.74 Å². The Labute approximate surface area is 216 Å². The minimum atomic E-state index is -5.95. The highest BCUT2D eigenvalue weighted by Gasteiger charge is 2.48. The molecule has 2 aromatic heterocycles. The van der Waals surface area contributed by atoms with Gasteiger partial charge in [0.25, 0.3) is 5.56 Å². The molecule has 8 nitrogen and oxygen atoms in total. The van der Waals surface area contributed by atoms with Crippen LogP contribution in [0.2, 0.25) is 0 Å². The molecule has 0 aliphatic rings. The molecule has 2 heterocycles. The summed E-state index contributed by atoms with van der Waals surface area (Å²) >= 11 is 1.28. The monoisotopic (exact) mass is 560 g/mol. The fourth-order valence-electron chi connectivity index (χ4n) is 3.86. The lowest BCUT2D eigenvalue weighted by Gasteiger charge is -2.35. The Morgan fingerprint density at radius 3 is 2.30 bits per heavy atom.